The summed E-state index contributed by atoms with van der Waals surface area (Å²) in [4.78, 5) is 4.30. The summed E-state index contributed by atoms with van der Waals surface area (Å²) in [6.45, 7) is 3.69. The van der Waals surface area contributed by atoms with Crippen LogP contribution in [0.3, 0.4) is 0 Å². The van der Waals surface area contributed by atoms with E-state index in [1.165, 1.54) is 0 Å². The Morgan fingerprint density at radius 2 is 2.55 bits per heavy atom. The van der Waals surface area contributed by atoms with Crippen LogP contribution in [0, 0.1) is 6.92 Å². The zero-order valence-corrected chi connectivity index (χ0v) is 8.00. The van der Waals surface area contributed by atoms with Crippen LogP contribution in [0.25, 0.3) is 0 Å². The van der Waals surface area contributed by atoms with Gasteiger partial charge in [-0.1, -0.05) is 0 Å². The average molecular weight is 191 g/mol. The van der Waals surface area contributed by atoms with Gasteiger partial charge in [-0.3, -0.25) is 0 Å². The minimum absolute atomic E-state index is 0.656. The van der Waals surface area contributed by atoms with Crippen LogP contribution in [0.1, 0.15) is 10.7 Å². The van der Waals surface area contributed by atoms with E-state index in [-0.39, 0.29) is 0 Å². The van der Waals surface area contributed by atoms with Crippen molar-refractivity contribution in [2.45, 2.75) is 13.5 Å². The van der Waals surface area contributed by atoms with Crippen LogP contribution in [0.15, 0.2) is 5.38 Å². The van der Waals surface area contributed by atoms with E-state index in [9.17, 15) is 0 Å². The molecule has 0 bridgehead atoms. The number of alkyl halides is 1. The second kappa shape index (κ2) is 4.70. The minimum atomic E-state index is 0.656. The van der Waals surface area contributed by atoms with Crippen molar-refractivity contribution < 1.29 is 0 Å². The molecule has 0 aliphatic heterocycles. The zero-order valence-electron chi connectivity index (χ0n) is 6.43. The van der Waals surface area contributed by atoms with Crippen LogP contribution in [0.4, 0.5) is 0 Å². The van der Waals surface area contributed by atoms with E-state index in [4.69, 9.17) is 11.6 Å². The molecular formula is C7H11ClN2S. The number of nitrogens with one attached hydrogen (secondary N) is 1. The molecule has 62 valence electrons. The van der Waals surface area contributed by atoms with Crippen LogP contribution in [-0.2, 0) is 6.54 Å². The number of halogens is 1. The quantitative estimate of drug-likeness (QED) is 0.579. The summed E-state index contributed by atoms with van der Waals surface area (Å²) in [7, 11) is 0. The second-order valence-corrected chi connectivity index (χ2v) is 3.66. The van der Waals surface area contributed by atoms with Crippen molar-refractivity contribution >= 4 is 22.9 Å². The van der Waals surface area contributed by atoms with Gasteiger partial charge in [0.2, 0.25) is 0 Å². The Hall–Kier alpha value is -0.120. The molecule has 1 aromatic rings. The van der Waals surface area contributed by atoms with Crippen molar-refractivity contribution in [1.29, 1.82) is 0 Å². The summed E-state index contributed by atoms with van der Waals surface area (Å²) in [5.41, 5.74) is 1.11. The van der Waals surface area contributed by atoms with E-state index in [0.29, 0.717) is 5.88 Å². The van der Waals surface area contributed by atoms with Gasteiger partial charge in [-0.2, -0.15) is 0 Å². The Balaban J connectivity index is 2.27. The van der Waals surface area contributed by atoms with E-state index in [1.807, 2.05) is 6.92 Å². The van der Waals surface area contributed by atoms with E-state index in [2.05, 4.69) is 15.7 Å². The molecule has 1 aromatic heterocycles. The van der Waals surface area contributed by atoms with E-state index in [0.717, 1.165) is 23.8 Å². The van der Waals surface area contributed by atoms with E-state index >= 15 is 0 Å². The normalized spacial score (nSPS) is 10.4. The Morgan fingerprint density at radius 3 is 3.09 bits per heavy atom. The van der Waals surface area contributed by atoms with Crippen molar-refractivity contribution in [2.24, 2.45) is 0 Å². The lowest BCUT2D eigenvalue weighted by atomic mass is 10.5. The van der Waals surface area contributed by atoms with Gasteiger partial charge in [-0.25, -0.2) is 4.98 Å². The molecule has 0 aromatic carbocycles. The molecule has 0 unspecified atom stereocenters. The second-order valence-electron chi connectivity index (χ2n) is 2.22. The highest BCUT2D eigenvalue weighted by Crippen LogP contribution is 2.06. The molecule has 0 spiro atoms. The van der Waals surface area contributed by atoms with Gasteiger partial charge in [0.15, 0.2) is 0 Å². The summed E-state index contributed by atoms with van der Waals surface area (Å²) in [5, 5.41) is 6.36. The van der Waals surface area contributed by atoms with Gasteiger partial charge in [0.05, 0.1) is 10.7 Å². The van der Waals surface area contributed by atoms with Crippen molar-refractivity contribution in [2.75, 3.05) is 12.4 Å². The van der Waals surface area contributed by atoms with Gasteiger partial charge in [0, 0.05) is 24.3 Å². The van der Waals surface area contributed by atoms with Crippen molar-refractivity contribution in [1.82, 2.24) is 10.3 Å². The Morgan fingerprint density at radius 1 is 1.73 bits per heavy atom. The maximum absolute atomic E-state index is 5.49. The molecule has 0 atom stereocenters. The number of aromatic nitrogens is 1. The lowest BCUT2D eigenvalue weighted by Gasteiger charge is -1.96. The fourth-order valence-electron chi connectivity index (χ4n) is 0.773. The molecule has 4 heteroatoms. The molecule has 1 heterocycles. The minimum Gasteiger partial charge on any atom is -0.310 e. The molecule has 1 rings (SSSR count). The zero-order chi connectivity index (χ0) is 8.10. The topological polar surface area (TPSA) is 24.9 Å². The van der Waals surface area contributed by atoms with Crippen molar-refractivity contribution in [3.63, 3.8) is 0 Å². The lowest BCUT2D eigenvalue weighted by Crippen LogP contribution is -2.15. The maximum Gasteiger partial charge on any atom is 0.0897 e. The molecule has 0 aliphatic rings. The van der Waals surface area contributed by atoms with E-state index < -0.39 is 0 Å². The molecule has 0 fully saturated rings. The third kappa shape index (κ3) is 3.18. The van der Waals surface area contributed by atoms with Crippen LogP contribution in [-0.4, -0.2) is 17.4 Å². The molecule has 1 N–H and O–H groups in total. The first-order valence-corrected chi connectivity index (χ1v) is 4.92. The van der Waals surface area contributed by atoms with Gasteiger partial charge < -0.3 is 5.32 Å². The smallest absolute Gasteiger partial charge is 0.0897 e. The number of thiazole rings is 1. The van der Waals surface area contributed by atoms with Gasteiger partial charge in [0.1, 0.15) is 0 Å². The van der Waals surface area contributed by atoms with Gasteiger partial charge in [-0.15, -0.1) is 22.9 Å². The third-order valence-electron chi connectivity index (χ3n) is 1.24. The summed E-state index contributed by atoms with van der Waals surface area (Å²) in [5.74, 6) is 0.656. The SMILES string of the molecule is Cc1nc(CNCCCl)cs1. The summed E-state index contributed by atoms with van der Waals surface area (Å²) in [6.07, 6.45) is 0. The molecule has 0 saturated heterocycles. The van der Waals surface area contributed by atoms with Gasteiger partial charge in [-0.05, 0) is 6.92 Å². The summed E-state index contributed by atoms with van der Waals surface area (Å²) < 4.78 is 0. The highest BCUT2D eigenvalue weighted by atomic mass is 35.5. The van der Waals surface area contributed by atoms with Crippen LogP contribution >= 0.6 is 22.9 Å². The summed E-state index contributed by atoms with van der Waals surface area (Å²) in [6, 6.07) is 0. The maximum atomic E-state index is 5.49. The first-order valence-electron chi connectivity index (χ1n) is 3.50. The Labute approximate surface area is 75.6 Å². The third-order valence-corrected chi connectivity index (χ3v) is 2.26. The number of nitrogens with zero attached hydrogens (tertiary/aromatic N) is 1. The predicted octanol–water partition coefficient (Wildman–Crippen LogP) is 1.78. The van der Waals surface area contributed by atoms with Crippen molar-refractivity contribution in [3.8, 4) is 0 Å². The molecule has 0 radical (unpaired) electrons. The number of rotatable bonds is 4. The Kier molecular flexibility index (Phi) is 3.83. The Bertz CT molecular complexity index is 212. The van der Waals surface area contributed by atoms with Gasteiger partial charge in [0.25, 0.3) is 0 Å². The molecule has 0 amide bonds. The molecule has 2 nitrogen and oxygen atoms in total. The molecule has 0 aliphatic carbocycles. The monoisotopic (exact) mass is 190 g/mol. The number of hydrogen-bond acceptors (Lipinski definition) is 3. The molecule has 11 heavy (non-hydrogen) atoms. The first kappa shape index (κ1) is 8.97. The van der Waals surface area contributed by atoms with Gasteiger partial charge >= 0.3 is 0 Å². The average Bonchev–Trinajstić information content (AvgIpc) is 2.37. The van der Waals surface area contributed by atoms with Crippen LogP contribution < -0.4 is 5.32 Å². The fraction of sp³-hybridized carbons (Fsp3) is 0.571. The lowest BCUT2D eigenvalue weighted by molar-refractivity contribution is 0.716. The number of aryl methyl sites for hydroxylation is 1. The number of hydrogen-bond donors (Lipinski definition) is 1. The molecule has 0 saturated carbocycles. The van der Waals surface area contributed by atoms with Crippen LogP contribution in [0.5, 0.6) is 0 Å². The highest BCUT2D eigenvalue weighted by Gasteiger charge is 1.95. The van der Waals surface area contributed by atoms with Crippen LogP contribution in [0.2, 0.25) is 0 Å². The highest BCUT2D eigenvalue weighted by molar-refractivity contribution is 7.09. The fourth-order valence-corrected chi connectivity index (χ4v) is 1.52. The first-order chi connectivity index (χ1) is 5.33. The van der Waals surface area contributed by atoms with Crippen molar-refractivity contribution in [3.05, 3.63) is 16.1 Å². The predicted molar refractivity (Wildman–Crippen MR) is 49.3 cm³/mol. The molecular weight excluding hydrogens is 180 g/mol. The standard InChI is InChI=1S/C7H11ClN2S/c1-6-10-7(5-11-6)4-9-3-2-8/h5,9H,2-4H2,1H3. The van der Waals surface area contributed by atoms with E-state index in [1.54, 1.807) is 11.3 Å². The summed E-state index contributed by atoms with van der Waals surface area (Å²) >= 11 is 7.17. The largest absolute Gasteiger partial charge is 0.310 e.